The van der Waals surface area contributed by atoms with Crippen LogP contribution in [0.2, 0.25) is 0 Å². The van der Waals surface area contributed by atoms with Crippen LogP contribution in [-0.2, 0) is 0 Å². The second kappa shape index (κ2) is 7.39. The first-order chi connectivity index (χ1) is 8.83. The van der Waals surface area contributed by atoms with Gasteiger partial charge < -0.3 is 5.32 Å². The normalized spacial score (nSPS) is 13.6. The van der Waals surface area contributed by atoms with Crippen LogP contribution in [0.5, 0.6) is 0 Å². The third-order valence-electron chi connectivity index (χ3n) is 3.16. The van der Waals surface area contributed by atoms with E-state index in [1.807, 2.05) is 12.1 Å². The summed E-state index contributed by atoms with van der Waals surface area (Å²) in [5, 5.41) is 3.46. The minimum Gasteiger partial charge on any atom is -0.310 e. The molecule has 1 aromatic carbocycles. The monoisotopic (exact) mass is 329 g/mol. The third kappa shape index (κ3) is 6.05. The highest BCUT2D eigenvalue weighted by atomic mass is 79.9. The van der Waals surface area contributed by atoms with Gasteiger partial charge >= 0.3 is 0 Å². The van der Waals surface area contributed by atoms with Gasteiger partial charge in [0.15, 0.2) is 0 Å². The summed E-state index contributed by atoms with van der Waals surface area (Å²) < 4.78 is 14.9. The lowest BCUT2D eigenvalue weighted by molar-refractivity contribution is 0.329. The molecule has 0 fully saturated rings. The van der Waals surface area contributed by atoms with Gasteiger partial charge in [-0.25, -0.2) is 4.39 Å². The molecule has 0 aromatic heterocycles. The van der Waals surface area contributed by atoms with Crippen molar-refractivity contribution in [2.45, 2.75) is 53.0 Å². The second-order valence-corrected chi connectivity index (χ2v) is 7.19. The first kappa shape index (κ1) is 16.6. The zero-order valence-electron chi connectivity index (χ0n) is 12.4. The molecule has 0 bridgehead atoms. The van der Waals surface area contributed by atoms with Crippen molar-refractivity contribution in [1.29, 1.82) is 0 Å². The fourth-order valence-electron chi connectivity index (χ4n) is 2.05. The first-order valence-corrected chi connectivity index (χ1v) is 7.81. The summed E-state index contributed by atoms with van der Waals surface area (Å²) in [7, 11) is 0. The molecule has 1 nitrogen and oxygen atoms in total. The van der Waals surface area contributed by atoms with Gasteiger partial charge in [-0.2, -0.15) is 0 Å². The van der Waals surface area contributed by atoms with E-state index in [4.69, 9.17) is 0 Å². The number of halogens is 2. The van der Waals surface area contributed by atoms with Crippen LogP contribution >= 0.6 is 15.9 Å². The maximum absolute atomic E-state index is 14.1. The molecule has 0 saturated carbocycles. The zero-order valence-corrected chi connectivity index (χ0v) is 14.0. The fourth-order valence-corrected chi connectivity index (χ4v) is 2.38. The summed E-state index contributed by atoms with van der Waals surface area (Å²) in [6.45, 7) is 9.72. The van der Waals surface area contributed by atoms with Gasteiger partial charge in [-0.1, -0.05) is 49.7 Å². The lowest BCUT2D eigenvalue weighted by Gasteiger charge is -2.25. The Kier molecular flexibility index (Phi) is 6.48. The molecule has 1 aromatic rings. The van der Waals surface area contributed by atoms with Crippen LogP contribution in [0.25, 0.3) is 0 Å². The van der Waals surface area contributed by atoms with E-state index in [9.17, 15) is 4.39 Å². The summed E-state index contributed by atoms with van der Waals surface area (Å²) in [5.74, 6) is -0.128. The van der Waals surface area contributed by atoms with Crippen LogP contribution in [0.3, 0.4) is 0 Å². The quantitative estimate of drug-likeness (QED) is 0.731. The zero-order chi connectivity index (χ0) is 14.5. The van der Waals surface area contributed by atoms with Gasteiger partial charge in [0.1, 0.15) is 5.82 Å². The predicted molar refractivity (Wildman–Crippen MR) is 83.8 cm³/mol. The largest absolute Gasteiger partial charge is 0.310 e. The Balaban J connectivity index is 2.83. The highest BCUT2D eigenvalue weighted by molar-refractivity contribution is 9.10. The molecule has 0 saturated heterocycles. The van der Waals surface area contributed by atoms with E-state index in [2.05, 4.69) is 48.9 Å². The average molecular weight is 330 g/mol. The predicted octanol–water partition coefficient (Wildman–Crippen LogP) is 5.46. The molecule has 0 spiro atoms. The molecule has 0 aliphatic heterocycles. The molecule has 1 unspecified atom stereocenters. The highest BCUT2D eigenvalue weighted by Gasteiger charge is 2.19. The Morgan fingerprint density at radius 1 is 1.32 bits per heavy atom. The third-order valence-corrected chi connectivity index (χ3v) is 3.65. The molecule has 0 heterocycles. The van der Waals surface area contributed by atoms with Crippen molar-refractivity contribution in [3.63, 3.8) is 0 Å². The van der Waals surface area contributed by atoms with E-state index in [0.717, 1.165) is 35.8 Å². The summed E-state index contributed by atoms with van der Waals surface area (Å²) in [6, 6.07) is 5.45. The van der Waals surface area contributed by atoms with Crippen LogP contribution < -0.4 is 5.32 Å². The van der Waals surface area contributed by atoms with Crippen molar-refractivity contribution in [3.8, 4) is 0 Å². The maximum Gasteiger partial charge on any atom is 0.129 e. The summed E-state index contributed by atoms with van der Waals surface area (Å²) >= 11 is 3.31. The molecule has 0 amide bonds. The molecule has 19 heavy (non-hydrogen) atoms. The Morgan fingerprint density at radius 3 is 2.53 bits per heavy atom. The molecule has 0 radical (unpaired) electrons. The lowest BCUT2D eigenvalue weighted by Crippen LogP contribution is -2.24. The van der Waals surface area contributed by atoms with Gasteiger partial charge in [0.05, 0.1) is 0 Å². The molecule has 108 valence electrons. The summed E-state index contributed by atoms with van der Waals surface area (Å²) in [5.41, 5.74) is 1.05. The van der Waals surface area contributed by atoms with Crippen molar-refractivity contribution >= 4 is 15.9 Å². The van der Waals surface area contributed by atoms with E-state index in [1.54, 1.807) is 6.07 Å². The minimum atomic E-state index is -0.128. The molecular weight excluding hydrogens is 305 g/mol. The summed E-state index contributed by atoms with van der Waals surface area (Å²) in [6.07, 6.45) is 3.09. The number of benzene rings is 1. The van der Waals surface area contributed by atoms with Crippen molar-refractivity contribution in [1.82, 2.24) is 5.32 Å². The van der Waals surface area contributed by atoms with Gasteiger partial charge in [0, 0.05) is 16.1 Å². The molecule has 1 N–H and O–H groups in total. The molecular formula is C16H25BrFN. The standard InChI is InChI=1S/C16H25BrFN/c1-5-10-19-15(8-9-16(2,3)4)13-7-6-12(17)11-14(13)18/h6-7,11,15,19H,5,8-10H2,1-4H3. The Morgan fingerprint density at radius 2 is 2.00 bits per heavy atom. The molecule has 0 aliphatic carbocycles. The SMILES string of the molecule is CCCNC(CCC(C)(C)C)c1ccc(Br)cc1F. The smallest absolute Gasteiger partial charge is 0.129 e. The number of hydrogen-bond donors (Lipinski definition) is 1. The molecule has 1 rings (SSSR count). The number of hydrogen-bond acceptors (Lipinski definition) is 1. The Hall–Kier alpha value is -0.410. The van der Waals surface area contributed by atoms with Crippen LogP contribution in [0.15, 0.2) is 22.7 Å². The first-order valence-electron chi connectivity index (χ1n) is 7.02. The van der Waals surface area contributed by atoms with Crippen molar-refractivity contribution in [2.75, 3.05) is 6.54 Å². The van der Waals surface area contributed by atoms with Crippen LogP contribution in [-0.4, -0.2) is 6.54 Å². The van der Waals surface area contributed by atoms with E-state index < -0.39 is 0 Å². The lowest BCUT2D eigenvalue weighted by atomic mass is 9.87. The second-order valence-electron chi connectivity index (χ2n) is 6.27. The van der Waals surface area contributed by atoms with Crippen LogP contribution in [0.1, 0.15) is 58.6 Å². The van der Waals surface area contributed by atoms with E-state index in [-0.39, 0.29) is 17.3 Å². The van der Waals surface area contributed by atoms with E-state index >= 15 is 0 Å². The van der Waals surface area contributed by atoms with Crippen LogP contribution in [0, 0.1) is 11.2 Å². The average Bonchev–Trinajstić information content (AvgIpc) is 2.29. The topological polar surface area (TPSA) is 12.0 Å². The van der Waals surface area contributed by atoms with Gasteiger partial charge in [0.2, 0.25) is 0 Å². The minimum absolute atomic E-state index is 0.104. The van der Waals surface area contributed by atoms with Crippen molar-refractivity contribution < 1.29 is 4.39 Å². The Labute approximate surface area is 125 Å². The Bertz CT molecular complexity index is 398. The molecule has 1 atom stereocenters. The highest BCUT2D eigenvalue weighted by Crippen LogP contribution is 2.29. The van der Waals surface area contributed by atoms with Crippen LogP contribution in [0.4, 0.5) is 4.39 Å². The maximum atomic E-state index is 14.1. The van der Waals surface area contributed by atoms with E-state index in [0.29, 0.717) is 0 Å². The van der Waals surface area contributed by atoms with Gasteiger partial charge in [-0.3, -0.25) is 0 Å². The number of rotatable bonds is 6. The van der Waals surface area contributed by atoms with Gasteiger partial charge in [0.25, 0.3) is 0 Å². The summed E-state index contributed by atoms with van der Waals surface area (Å²) in [4.78, 5) is 0. The fraction of sp³-hybridized carbons (Fsp3) is 0.625. The van der Waals surface area contributed by atoms with Gasteiger partial charge in [-0.05, 0) is 43.4 Å². The molecule has 0 aliphatic rings. The van der Waals surface area contributed by atoms with Crippen molar-refractivity contribution in [2.24, 2.45) is 5.41 Å². The van der Waals surface area contributed by atoms with E-state index in [1.165, 1.54) is 0 Å². The van der Waals surface area contributed by atoms with Gasteiger partial charge in [-0.15, -0.1) is 0 Å². The number of nitrogens with one attached hydrogen (secondary N) is 1. The van der Waals surface area contributed by atoms with Crippen molar-refractivity contribution in [3.05, 3.63) is 34.1 Å². The molecule has 3 heteroatoms.